The molecule has 1 heterocycles. The summed E-state index contributed by atoms with van der Waals surface area (Å²) in [5.74, 6) is -0.0851. The highest BCUT2D eigenvalue weighted by atomic mass is 16.3. The fraction of sp³-hybridized carbons (Fsp3) is 0.875. The Hall–Kier alpha value is -0.650. The van der Waals surface area contributed by atoms with Crippen molar-refractivity contribution in [2.45, 2.75) is 25.2 Å². The summed E-state index contributed by atoms with van der Waals surface area (Å²) in [5.41, 5.74) is 0. The molecule has 0 bridgehead atoms. The molecule has 76 valence electrons. The summed E-state index contributed by atoms with van der Waals surface area (Å²) in [7, 11) is 1.70. The minimum Gasteiger partial charge on any atom is -0.388 e. The standard InChI is InChI=1S/C8H16N2O3/c1-5(9-2)8(13)10-3-6(11)7(12)4-10/h5-7,9,11-12H,3-4H2,1-2H3. The van der Waals surface area contributed by atoms with Crippen molar-refractivity contribution in [2.75, 3.05) is 20.1 Å². The zero-order valence-electron chi connectivity index (χ0n) is 7.90. The smallest absolute Gasteiger partial charge is 0.239 e. The van der Waals surface area contributed by atoms with Gasteiger partial charge in [0.05, 0.1) is 18.2 Å². The highest BCUT2D eigenvalue weighted by Crippen LogP contribution is 2.10. The Morgan fingerprint density at radius 1 is 1.46 bits per heavy atom. The predicted molar refractivity (Wildman–Crippen MR) is 47.1 cm³/mol. The minimum atomic E-state index is -0.798. The van der Waals surface area contributed by atoms with Gasteiger partial charge in [-0.25, -0.2) is 0 Å². The number of likely N-dealkylation sites (N-methyl/N-ethyl adjacent to an activating group) is 1. The van der Waals surface area contributed by atoms with Crippen LogP contribution >= 0.6 is 0 Å². The van der Waals surface area contributed by atoms with E-state index >= 15 is 0 Å². The van der Waals surface area contributed by atoms with Crippen LogP contribution in [-0.4, -0.2) is 59.4 Å². The van der Waals surface area contributed by atoms with Gasteiger partial charge < -0.3 is 20.4 Å². The van der Waals surface area contributed by atoms with Gasteiger partial charge in [-0.05, 0) is 14.0 Å². The Labute approximate surface area is 77.3 Å². The fourth-order valence-corrected chi connectivity index (χ4v) is 1.35. The molecular formula is C8H16N2O3. The maximum Gasteiger partial charge on any atom is 0.239 e. The number of carbonyl (C=O) groups excluding carboxylic acids is 1. The Morgan fingerprint density at radius 3 is 2.31 bits per heavy atom. The van der Waals surface area contributed by atoms with Gasteiger partial charge in [0.2, 0.25) is 5.91 Å². The molecule has 5 heteroatoms. The van der Waals surface area contributed by atoms with Crippen molar-refractivity contribution in [3.8, 4) is 0 Å². The zero-order chi connectivity index (χ0) is 10.0. The lowest BCUT2D eigenvalue weighted by Gasteiger charge is -2.19. The molecule has 0 saturated carbocycles. The summed E-state index contributed by atoms with van der Waals surface area (Å²) in [6, 6.07) is -0.266. The Balaban J connectivity index is 2.50. The first-order valence-electron chi connectivity index (χ1n) is 4.38. The van der Waals surface area contributed by atoms with Gasteiger partial charge in [0.15, 0.2) is 0 Å². The van der Waals surface area contributed by atoms with E-state index in [0.29, 0.717) is 0 Å². The number of likely N-dealkylation sites (tertiary alicyclic amines) is 1. The van der Waals surface area contributed by atoms with Crippen LogP contribution in [0.3, 0.4) is 0 Å². The Morgan fingerprint density at radius 2 is 1.92 bits per heavy atom. The van der Waals surface area contributed by atoms with Crippen LogP contribution in [0.4, 0.5) is 0 Å². The van der Waals surface area contributed by atoms with Crippen LogP contribution in [0, 0.1) is 0 Å². The number of hydrogen-bond acceptors (Lipinski definition) is 4. The Kier molecular flexibility index (Phi) is 3.24. The van der Waals surface area contributed by atoms with Crippen LogP contribution in [0.1, 0.15) is 6.92 Å². The van der Waals surface area contributed by atoms with Crippen LogP contribution in [0.2, 0.25) is 0 Å². The van der Waals surface area contributed by atoms with E-state index in [0.717, 1.165) is 0 Å². The summed E-state index contributed by atoms with van der Waals surface area (Å²) in [4.78, 5) is 13.0. The number of amides is 1. The fourth-order valence-electron chi connectivity index (χ4n) is 1.35. The number of rotatable bonds is 2. The third kappa shape index (κ3) is 2.18. The van der Waals surface area contributed by atoms with E-state index in [9.17, 15) is 15.0 Å². The predicted octanol–water partition coefficient (Wildman–Crippen LogP) is -1.84. The molecule has 0 radical (unpaired) electrons. The van der Waals surface area contributed by atoms with E-state index in [-0.39, 0.29) is 25.0 Å². The molecule has 5 nitrogen and oxygen atoms in total. The Bertz CT molecular complexity index is 188. The van der Waals surface area contributed by atoms with Gasteiger partial charge in [0.25, 0.3) is 0 Å². The van der Waals surface area contributed by atoms with E-state index in [2.05, 4.69) is 5.32 Å². The molecular weight excluding hydrogens is 172 g/mol. The van der Waals surface area contributed by atoms with Crippen LogP contribution < -0.4 is 5.32 Å². The number of nitrogens with one attached hydrogen (secondary N) is 1. The molecule has 3 atom stereocenters. The van der Waals surface area contributed by atoms with Crippen LogP contribution in [0.25, 0.3) is 0 Å². The lowest BCUT2D eigenvalue weighted by molar-refractivity contribution is -0.132. The highest BCUT2D eigenvalue weighted by molar-refractivity contribution is 5.81. The molecule has 0 spiro atoms. The second-order valence-electron chi connectivity index (χ2n) is 3.39. The number of aliphatic hydroxyl groups excluding tert-OH is 2. The van der Waals surface area contributed by atoms with Crippen molar-refractivity contribution in [3.63, 3.8) is 0 Å². The van der Waals surface area contributed by atoms with Gasteiger partial charge in [0, 0.05) is 13.1 Å². The highest BCUT2D eigenvalue weighted by Gasteiger charge is 2.33. The van der Waals surface area contributed by atoms with Crippen molar-refractivity contribution in [1.29, 1.82) is 0 Å². The molecule has 3 unspecified atom stereocenters. The summed E-state index contributed by atoms with van der Waals surface area (Å²) < 4.78 is 0. The van der Waals surface area contributed by atoms with E-state index in [4.69, 9.17) is 0 Å². The van der Waals surface area contributed by atoms with Crippen molar-refractivity contribution < 1.29 is 15.0 Å². The molecule has 1 fully saturated rings. The average molecular weight is 188 g/mol. The van der Waals surface area contributed by atoms with Gasteiger partial charge in [-0.15, -0.1) is 0 Å². The van der Waals surface area contributed by atoms with Crippen molar-refractivity contribution >= 4 is 5.91 Å². The second kappa shape index (κ2) is 4.04. The van der Waals surface area contributed by atoms with E-state index in [1.54, 1.807) is 14.0 Å². The maximum atomic E-state index is 11.5. The molecule has 0 aromatic rings. The lowest BCUT2D eigenvalue weighted by atomic mass is 10.3. The van der Waals surface area contributed by atoms with Gasteiger partial charge in [0.1, 0.15) is 0 Å². The molecule has 0 aliphatic carbocycles. The number of hydrogen-bond donors (Lipinski definition) is 3. The minimum absolute atomic E-state index is 0.0851. The quantitative estimate of drug-likeness (QED) is 0.476. The summed E-state index contributed by atoms with van der Waals surface area (Å²) in [6.45, 7) is 2.21. The molecule has 0 aromatic carbocycles. The largest absolute Gasteiger partial charge is 0.388 e. The first kappa shape index (κ1) is 10.4. The summed E-state index contributed by atoms with van der Waals surface area (Å²) >= 11 is 0. The third-order valence-electron chi connectivity index (χ3n) is 2.37. The molecule has 1 aliphatic heterocycles. The molecule has 3 N–H and O–H groups in total. The van der Waals surface area contributed by atoms with Gasteiger partial charge in [-0.2, -0.15) is 0 Å². The van der Waals surface area contributed by atoms with Gasteiger partial charge in [-0.1, -0.05) is 0 Å². The lowest BCUT2D eigenvalue weighted by Crippen LogP contribution is -2.43. The molecule has 1 rings (SSSR count). The van der Waals surface area contributed by atoms with Crippen molar-refractivity contribution in [1.82, 2.24) is 10.2 Å². The second-order valence-corrected chi connectivity index (χ2v) is 3.39. The van der Waals surface area contributed by atoms with E-state index < -0.39 is 12.2 Å². The maximum absolute atomic E-state index is 11.5. The average Bonchev–Trinajstić information content (AvgIpc) is 2.44. The number of β-amino-alcohol motifs (C(OH)–C–C–N with tert-alkyl or cyclic N) is 2. The zero-order valence-corrected chi connectivity index (χ0v) is 7.90. The van der Waals surface area contributed by atoms with E-state index in [1.807, 2.05) is 0 Å². The topological polar surface area (TPSA) is 72.8 Å². The van der Waals surface area contributed by atoms with Crippen molar-refractivity contribution in [2.24, 2.45) is 0 Å². The first-order valence-corrected chi connectivity index (χ1v) is 4.38. The molecule has 1 saturated heterocycles. The van der Waals surface area contributed by atoms with Crippen LogP contribution in [0.5, 0.6) is 0 Å². The number of nitrogens with zero attached hydrogens (tertiary/aromatic N) is 1. The SMILES string of the molecule is CNC(C)C(=O)N1CC(O)C(O)C1. The van der Waals surface area contributed by atoms with Gasteiger partial charge >= 0.3 is 0 Å². The summed E-state index contributed by atoms with van der Waals surface area (Å²) in [5, 5.41) is 21.2. The van der Waals surface area contributed by atoms with E-state index in [1.165, 1.54) is 4.90 Å². The van der Waals surface area contributed by atoms with Gasteiger partial charge in [-0.3, -0.25) is 4.79 Å². The molecule has 1 amide bonds. The first-order chi connectivity index (χ1) is 6.06. The normalized spacial score (nSPS) is 30.6. The molecule has 0 aromatic heterocycles. The van der Waals surface area contributed by atoms with Crippen LogP contribution in [0.15, 0.2) is 0 Å². The number of carbonyl (C=O) groups is 1. The number of aliphatic hydroxyl groups is 2. The third-order valence-corrected chi connectivity index (χ3v) is 2.37. The monoisotopic (exact) mass is 188 g/mol. The molecule has 13 heavy (non-hydrogen) atoms. The summed E-state index contributed by atoms with van der Waals surface area (Å²) in [6.07, 6.45) is -1.60. The van der Waals surface area contributed by atoms with Crippen molar-refractivity contribution in [3.05, 3.63) is 0 Å². The van der Waals surface area contributed by atoms with Crippen LogP contribution in [-0.2, 0) is 4.79 Å². The molecule has 1 aliphatic rings.